The van der Waals surface area contributed by atoms with Crippen molar-refractivity contribution in [3.8, 4) is 0 Å². The Balaban J connectivity index is 1.69. The Hall–Kier alpha value is -0.380. The van der Waals surface area contributed by atoms with Gasteiger partial charge in [0.05, 0.1) is 25.4 Å². The molecule has 116 valence electrons. The molecule has 0 amide bonds. The highest BCUT2D eigenvalue weighted by atomic mass is 16.5. The van der Waals surface area contributed by atoms with E-state index in [9.17, 15) is 0 Å². The molecule has 0 aliphatic carbocycles. The van der Waals surface area contributed by atoms with E-state index < -0.39 is 0 Å². The number of rotatable bonds is 10. The Bertz CT molecular complexity index is 290. The van der Waals surface area contributed by atoms with Gasteiger partial charge in [0.2, 0.25) is 0 Å². The number of hydrogen-bond acceptors (Lipinski definition) is 3. The molecular formula is C17H30O3. The average Bonchev–Trinajstić information content (AvgIpc) is 3.05. The van der Waals surface area contributed by atoms with Crippen LogP contribution in [0, 0.1) is 11.8 Å². The predicted octanol–water partition coefficient (Wildman–Crippen LogP) is 3.32. The zero-order valence-corrected chi connectivity index (χ0v) is 12.8. The third-order valence-corrected chi connectivity index (χ3v) is 4.72. The van der Waals surface area contributed by atoms with Crippen molar-refractivity contribution < 1.29 is 14.6 Å². The number of allylic oxidation sites excluding steroid dienone is 1. The Morgan fingerprint density at radius 3 is 2.65 bits per heavy atom. The normalized spacial score (nSPS) is 32.5. The fourth-order valence-electron chi connectivity index (χ4n) is 3.61. The number of aliphatic hydroxyl groups is 1. The molecule has 2 bridgehead atoms. The predicted molar refractivity (Wildman–Crippen MR) is 80.7 cm³/mol. The molecule has 0 unspecified atom stereocenters. The maximum absolute atomic E-state index is 8.84. The fraction of sp³-hybridized carbons (Fsp3) is 0.882. The van der Waals surface area contributed by atoms with Crippen molar-refractivity contribution in [2.75, 3.05) is 19.8 Å². The van der Waals surface area contributed by atoms with Crippen molar-refractivity contribution in [2.24, 2.45) is 11.8 Å². The number of unbranched alkanes of at least 4 members (excludes halogenated alkanes) is 3. The largest absolute Gasteiger partial charge is 0.392 e. The van der Waals surface area contributed by atoms with Gasteiger partial charge in [0.1, 0.15) is 0 Å². The molecule has 20 heavy (non-hydrogen) atoms. The summed E-state index contributed by atoms with van der Waals surface area (Å²) in [6.45, 7) is 4.12. The molecule has 3 nitrogen and oxygen atoms in total. The lowest BCUT2D eigenvalue weighted by Gasteiger charge is -2.27. The number of fused-ring (bicyclic) bond motifs is 2. The van der Waals surface area contributed by atoms with Crippen LogP contribution in [0.3, 0.4) is 0 Å². The standard InChI is InChI=1S/C17H30O3/c1-2-3-4-7-12-19-13-15-14(8-5-6-11-18)16-9-10-17(15)20-16/h5-6,14-18H,2-4,7-13H2,1H3/b6-5-/t14-,15+,16-,17+/m1/s1. The summed E-state index contributed by atoms with van der Waals surface area (Å²) in [5, 5.41) is 8.84. The van der Waals surface area contributed by atoms with Crippen LogP contribution in [0.25, 0.3) is 0 Å². The molecular weight excluding hydrogens is 252 g/mol. The fourth-order valence-corrected chi connectivity index (χ4v) is 3.61. The Morgan fingerprint density at radius 2 is 1.90 bits per heavy atom. The molecule has 1 N–H and O–H groups in total. The molecule has 0 radical (unpaired) electrons. The van der Waals surface area contributed by atoms with Gasteiger partial charge in [-0.05, 0) is 31.6 Å². The molecule has 0 aromatic carbocycles. The number of hydrogen-bond donors (Lipinski definition) is 1. The van der Waals surface area contributed by atoms with Gasteiger partial charge in [-0.1, -0.05) is 38.3 Å². The second-order valence-electron chi connectivity index (χ2n) is 6.14. The SMILES string of the molecule is CCCCCCOC[C@H]1[C@@H](C/C=C\CO)[C@H]2CC[C@@H]1O2. The number of ether oxygens (including phenoxy) is 2. The van der Waals surface area contributed by atoms with Gasteiger partial charge in [-0.3, -0.25) is 0 Å². The summed E-state index contributed by atoms with van der Waals surface area (Å²) in [6.07, 6.45) is 13.3. The van der Waals surface area contributed by atoms with Crippen molar-refractivity contribution in [1.29, 1.82) is 0 Å². The van der Waals surface area contributed by atoms with E-state index in [-0.39, 0.29) is 6.61 Å². The van der Waals surface area contributed by atoms with E-state index in [1.165, 1.54) is 38.5 Å². The molecule has 0 saturated carbocycles. The minimum atomic E-state index is 0.139. The van der Waals surface area contributed by atoms with Gasteiger partial charge in [0, 0.05) is 12.5 Å². The highest BCUT2D eigenvalue weighted by Gasteiger charge is 2.47. The monoisotopic (exact) mass is 282 g/mol. The summed E-state index contributed by atoms with van der Waals surface area (Å²) in [7, 11) is 0. The summed E-state index contributed by atoms with van der Waals surface area (Å²) in [5.74, 6) is 1.15. The van der Waals surface area contributed by atoms with E-state index in [1.807, 2.05) is 6.08 Å². The van der Waals surface area contributed by atoms with Gasteiger partial charge in [0.15, 0.2) is 0 Å². The van der Waals surface area contributed by atoms with Gasteiger partial charge < -0.3 is 14.6 Å². The molecule has 0 aromatic rings. The summed E-state index contributed by atoms with van der Waals surface area (Å²) < 4.78 is 11.9. The number of aliphatic hydroxyl groups excluding tert-OH is 1. The van der Waals surface area contributed by atoms with Crippen LogP contribution in [0.2, 0.25) is 0 Å². The highest BCUT2D eigenvalue weighted by Crippen LogP contribution is 2.45. The molecule has 0 spiro atoms. The highest BCUT2D eigenvalue weighted by molar-refractivity contribution is 4.99. The third kappa shape index (κ3) is 4.31. The second kappa shape index (κ2) is 8.81. The maximum atomic E-state index is 8.84. The van der Waals surface area contributed by atoms with Gasteiger partial charge in [-0.25, -0.2) is 0 Å². The Labute approximate surface area is 123 Å². The zero-order valence-electron chi connectivity index (χ0n) is 12.8. The van der Waals surface area contributed by atoms with Crippen LogP contribution in [-0.2, 0) is 9.47 Å². The van der Waals surface area contributed by atoms with Crippen molar-refractivity contribution in [1.82, 2.24) is 0 Å². The first-order valence-corrected chi connectivity index (χ1v) is 8.35. The average molecular weight is 282 g/mol. The third-order valence-electron chi connectivity index (χ3n) is 4.72. The van der Waals surface area contributed by atoms with Crippen LogP contribution in [-0.4, -0.2) is 37.1 Å². The van der Waals surface area contributed by atoms with Gasteiger partial charge in [0.25, 0.3) is 0 Å². The molecule has 2 heterocycles. The zero-order chi connectivity index (χ0) is 14.2. The van der Waals surface area contributed by atoms with E-state index in [1.54, 1.807) is 0 Å². The lowest BCUT2D eigenvalue weighted by atomic mass is 9.78. The first-order chi connectivity index (χ1) is 9.86. The maximum Gasteiger partial charge on any atom is 0.0633 e. The van der Waals surface area contributed by atoms with Crippen LogP contribution >= 0.6 is 0 Å². The topological polar surface area (TPSA) is 38.7 Å². The van der Waals surface area contributed by atoms with Crippen LogP contribution in [0.4, 0.5) is 0 Å². The minimum Gasteiger partial charge on any atom is -0.392 e. The van der Waals surface area contributed by atoms with E-state index in [4.69, 9.17) is 14.6 Å². The lowest BCUT2D eigenvalue weighted by Crippen LogP contribution is -2.30. The second-order valence-corrected chi connectivity index (χ2v) is 6.14. The molecule has 3 heteroatoms. The lowest BCUT2D eigenvalue weighted by molar-refractivity contribution is 0.0478. The van der Waals surface area contributed by atoms with E-state index in [2.05, 4.69) is 13.0 Å². The van der Waals surface area contributed by atoms with Crippen molar-refractivity contribution in [3.63, 3.8) is 0 Å². The molecule has 0 aromatic heterocycles. The summed E-state index contributed by atoms with van der Waals surface area (Å²) in [6, 6.07) is 0. The summed E-state index contributed by atoms with van der Waals surface area (Å²) in [5.41, 5.74) is 0. The molecule has 2 saturated heterocycles. The summed E-state index contributed by atoms with van der Waals surface area (Å²) in [4.78, 5) is 0. The quantitative estimate of drug-likeness (QED) is 0.493. The van der Waals surface area contributed by atoms with E-state index >= 15 is 0 Å². The molecule has 2 aliphatic heterocycles. The van der Waals surface area contributed by atoms with Crippen molar-refractivity contribution in [3.05, 3.63) is 12.2 Å². The van der Waals surface area contributed by atoms with Crippen LogP contribution < -0.4 is 0 Å². The van der Waals surface area contributed by atoms with Crippen molar-refractivity contribution in [2.45, 2.75) is 64.1 Å². The van der Waals surface area contributed by atoms with E-state index in [0.29, 0.717) is 24.0 Å². The van der Waals surface area contributed by atoms with Crippen molar-refractivity contribution >= 4 is 0 Å². The minimum absolute atomic E-state index is 0.139. The molecule has 2 aliphatic rings. The first kappa shape index (κ1) is 16.0. The summed E-state index contributed by atoms with van der Waals surface area (Å²) >= 11 is 0. The van der Waals surface area contributed by atoms with Crippen LogP contribution in [0.5, 0.6) is 0 Å². The molecule has 2 fully saturated rings. The van der Waals surface area contributed by atoms with Crippen LogP contribution in [0.15, 0.2) is 12.2 Å². The van der Waals surface area contributed by atoms with Gasteiger partial charge >= 0.3 is 0 Å². The molecule has 4 atom stereocenters. The Morgan fingerprint density at radius 1 is 1.10 bits per heavy atom. The van der Waals surface area contributed by atoms with Gasteiger partial charge in [-0.15, -0.1) is 0 Å². The first-order valence-electron chi connectivity index (χ1n) is 8.35. The van der Waals surface area contributed by atoms with E-state index in [0.717, 1.165) is 19.6 Å². The van der Waals surface area contributed by atoms with Crippen LogP contribution in [0.1, 0.15) is 51.9 Å². The Kier molecular flexibility index (Phi) is 7.05. The smallest absolute Gasteiger partial charge is 0.0633 e. The van der Waals surface area contributed by atoms with Gasteiger partial charge in [-0.2, -0.15) is 0 Å². The molecule has 2 rings (SSSR count).